The van der Waals surface area contributed by atoms with Crippen LogP contribution in [-0.2, 0) is 6.54 Å². The molecule has 0 radical (unpaired) electrons. The Hall–Kier alpha value is -2.43. The highest BCUT2D eigenvalue weighted by atomic mass is 16.1. The Morgan fingerprint density at radius 1 is 1.23 bits per heavy atom. The van der Waals surface area contributed by atoms with Crippen LogP contribution < -0.4 is 10.2 Å². The fraction of sp³-hybridized carbons (Fsp3) is 0.353. The average molecular weight is 298 g/mol. The van der Waals surface area contributed by atoms with Gasteiger partial charge in [-0.25, -0.2) is 9.97 Å². The summed E-state index contributed by atoms with van der Waals surface area (Å²) in [5.41, 5.74) is 1.58. The minimum atomic E-state index is -0.172. The van der Waals surface area contributed by atoms with E-state index in [0.717, 1.165) is 6.54 Å². The minimum absolute atomic E-state index is 0.0810. The van der Waals surface area contributed by atoms with Crippen molar-refractivity contribution in [2.24, 2.45) is 0 Å². The maximum Gasteiger partial charge on any atom is 0.270 e. The molecule has 0 saturated heterocycles. The normalized spacial score (nSPS) is 10.5. The van der Waals surface area contributed by atoms with Crippen LogP contribution in [0.2, 0.25) is 0 Å². The van der Waals surface area contributed by atoms with Crippen molar-refractivity contribution in [1.29, 1.82) is 0 Å². The van der Waals surface area contributed by atoms with Crippen molar-refractivity contribution in [3.8, 4) is 0 Å². The van der Waals surface area contributed by atoms with Crippen molar-refractivity contribution in [1.82, 2.24) is 15.3 Å². The Balaban J connectivity index is 2.17. The number of aromatic nitrogens is 2. The van der Waals surface area contributed by atoms with E-state index in [-0.39, 0.29) is 11.9 Å². The van der Waals surface area contributed by atoms with Crippen molar-refractivity contribution in [3.63, 3.8) is 0 Å². The third kappa shape index (κ3) is 4.28. The number of rotatable bonds is 6. The first kappa shape index (κ1) is 15.9. The molecule has 1 N–H and O–H groups in total. The Labute approximate surface area is 131 Å². The predicted molar refractivity (Wildman–Crippen MR) is 87.8 cm³/mol. The Morgan fingerprint density at radius 3 is 2.59 bits per heavy atom. The Morgan fingerprint density at radius 2 is 1.95 bits per heavy atom. The van der Waals surface area contributed by atoms with E-state index in [2.05, 4.69) is 27.4 Å². The summed E-state index contributed by atoms with van der Waals surface area (Å²) in [6, 6.07) is 11.9. The first-order valence-corrected chi connectivity index (χ1v) is 7.53. The molecular weight excluding hydrogens is 276 g/mol. The van der Waals surface area contributed by atoms with E-state index in [4.69, 9.17) is 0 Å². The Bertz CT molecular complexity index is 613. The van der Waals surface area contributed by atoms with Gasteiger partial charge >= 0.3 is 0 Å². The van der Waals surface area contributed by atoms with Gasteiger partial charge in [0.2, 0.25) is 5.95 Å². The second kappa shape index (κ2) is 7.54. The summed E-state index contributed by atoms with van der Waals surface area (Å²) in [7, 11) is 0. The summed E-state index contributed by atoms with van der Waals surface area (Å²) in [6.07, 6.45) is 1.63. The number of nitrogens with one attached hydrogen (secondary N) is 1. The molecule has 1 aromatic carbocycles. The lowest BCUT2D eigenvalue weighted by molar-refractivity contribution is 0.0938. The fourth-order valence-electron chi connectivity index (χ4n) is 2.09. The summed E-state index contributed by atoms with van der Waals surface area (Å²) in [5, 5.41) is 2.85. The van der Waals surface area contributed by atoms with Gasteiger partial charge < -0.3 is 10.2 Å². The number of carbonyl (C=O) groups is 1. The lowest BCUT2D eigenvalue weighted by atomic mass is 10.2. The lowest BCUT2D eigenvalue weighted by Crippen LogP contribution is -2.31. The van der Waals surface area contributed by atoms with Crippen molar-refractivity contribution in [2.45, 2.75) is 33.4 Å². The van der Waals surface area contributed by atoms with Gasteiger partial charge in [-0.3, -0.25) is 4.79 Å². The molecule has 0 fully saturated rings. The molecule has 0 spiro atoms. The van der Waals surface area contributed by atoms with Crippen molar-refractivity contribution in [2.75, 3.05) is 11.4 Å². The van der Waals surface area contributed by atoms with Crippen LogP contribution in [0.25, 0.3) is 0 Å². The van der Waals surface area contributed by atoms with Gasteiger partial charge in [-0.15, -0.1) is 0 Å². The minimum Gasteiger partial charge on any atom is -0.349 e. The molecule has 116 valence electrons. The van der Waals surface area contributed by atoms with Gasteiger partial charge in [0.25, 0.3) is 5.91 Å². The molecule has 0 saturated carbocycles. The first-order chi connectivity index (χ1) is 10.6. The molecule has 0 aliphatic carbocycles. The van der Waals surface area contributed by atoms with Crippen LogP contribution in [0, 0.1) is 0 Å². The van der Waals surface area contributed by atoms with Gasteiger partial charge in [-0.05, 0) is 32.4 Å². The van der Waals surface area contributed by atoms with E-state index in [1.807, 2.05) is 43.9 Å². The zero-order valence-corrected chi connectivity index (χ0v) is 13.3. The third-order valence-electron chi connectivity index (χ3n) is 3.18. The standard InChI is InChI=1S/C17H22N4O/c1-4-21(12-14-8-6-5-7-9-14)17-18-11-10-15(20-17)16(22)19-13(2)3/h5-11,13H,4,12H2,1-3H3,(H,19,22). The summed E-state index contributed by atoms with van der Waals surface area (Å²) >= 11 is 0. The van der Waals surface area contributed by atoms with Gasteiger partial charge in [0, 0.05) is 25.3 Å². The zero-order chi connectivity index (χ0) is 15.9. The van der Waals surface area contributed by atoms with E-state index in [1.54, 1.807) is 12.3 Å². The largest absolute Gasteiger partial charge is 0.349 e. The molecule has 0 unspecified atom stereocenters. The van der Waals surface area contributed by atoms with E-state index < -0.39 is 0 Å². The zero-order valence-electron chi connectivity index (χ0n) is 13.3. The number of benzene rings is 1. The van der Waals surface area contributed by atoms with Crippen LogP contribution in [0.4, 0.5) is 5.95 Å². The van der Waals surface area contributed by atoms with Crippen molar-refractivity contribution in [3.05, 3.63) is 53.9 Å². The molecule has 0 atom stereocenters. The van der Waals surface area contributed by atoms with E-state index in [1.165, 1.54) is 5.56 Å². The molecule has 22 heavy (non-hydrogen) atoms. The molecule has 0 aliphatic rings. The number of nitrogens with zero attached hydrogens (tertiary/aromatic N) is 3. The molecule has 5 nitrogen and oxygen atoms in total. The number of hydrogen-bond donors (Lipinski definition) is 1. The number of amides is 1. The van der Waals surface area contributed by atoms with Gasteiger partial charge in [0.15, 0.2) is 0 Å². The van der Waals surface area contributed by atoms with E-state index in [0.29, 0.717) is 18.2 Å². The molecular formula is C17H22N4O. The summed E-state index contributed by atoms with van der Waals surface area (Å²) in [5.74, 6) is 0.400. The van der Waals surface area contributed by atoms with Gasteiger partial charge in [0.05, 0.1) is 0 Å². The number of carbonyl (C=O) groups excluding carboxylic acids is 1. The van der Waals surface area contributed by atoms with Crippen molar-refractivity contribution < 1.29 is 4.79 Å². The number of hydrogen-bond acceptors (Lipinski definition) is 4. The fourth-order valence-corrected chi connectivity index (χ4v) is 2.09. The molecule has 1 amide bonds. The maximum absolute atomic E-state index is 12.1. The topological polar surface area (TPSA) is 58.1 Å². The van der Waals surface area contributed by atoms with E-state index >= 15 is 0 Å². The smallest absolute Gasteiger partial charge is 0.270 e. The third-order valence-corrected chi connectivity index (χ3v) is 3.18. The van der Waals surface area contributed by atoms with Crippen LogP contribution in [0.3, 0.4) is 0 Å². The summed E-state index contributed by atoms with van der Waals surface area (Å²) in [4.78, 5) is 22.8. The quantitative estimate of drug-likeness (QED) is 0.890. The van der Waals surface area contributed by atoms with E-state index in [9.17, 15) is 4.79 Å². The second-order valence-corrected chi connectivity index (χ2v) is 5.37. The van der Waals surface area contributed by atoms with Gasteiger partial charge in [-0.2, -0.15) is 0 Å². The highest BCUT2D eigenvalue weighted by Gasteiger charge is 2.13. The molecule has 2 rings (SSSR count). The molecule has 2 aromatic rings. The molecule has 0 aliphatic heterocycles. The predicted octanol–water partition coefficient (Wildman–Crippen LogP) is 2.64. The van der Waals surface area contributed by atoms with Crippen molar-refractivity contribution >= 4 is 11.9 Å². The van der Waals surface area contributed by atoms with Crippen LogP contribution in [0.15, 0.2) is 42.6 Å². The highest BCUT2D eigenvalue weighted by molar-refractivity contribution is 5.92. The molecule has 0 bridgehead atoms. The van der Waals surface area contributed by atoms with Gasteiger partial charge in [0.1, 0.15) is 5.69 Å². The van der Waals surface area contributed by atoms with Crippen LogP contribution in [-0.4, -0.2) is 28.5 Å². The van der Waals surface area contributed by atoms with Gasteiger partial charge in [-0.1, -0.05) is 30.3 Å². The summed E-state index contributed by atoms with van der Waals surface area (Å²) < 4.78 is 0. The SMILES string of the molecule is CCN(Cc1ccccc1)c1nccc(C(=O)NC(C)C)n1. The Kier molecular flexibility index (Phi) is 5.47. The molecule has 1 heterocycles. The first-order valence-electron chi connectivity index (χ1n) is 7.53. The monoisotopic (exact) mass is 298 g/mol. The summed E-state index contributed by atoms with van der Waals surface area (Å²) in [6.45, 7) is 7.38. The highest BCUT2D eigenvalue weighted by Crippen LogP contribution is 2.12. The maximum atomic E-state index is 12.1. The molecule has 5 heteroatoms. The van der Waals surface area contributed by atoms with Crippen LogP contribution in [0.1, 0.15) is 36.8 Å². The lowest BCUT2D eigenvalue weighted by Gasteiger charge is -2.21. The second-order valence-electron chi connectivity index (χ2n) is 5.37. The van der Waals surface area contributed by atoms with Crippen LogP contribution in [0.5, 0.6) is 0 Å². The number of anilines is 1. The van der Waals surface area contributed by atoms with Crippen LogP contribution >= 0.6 is 0 Å². The average Bonchev–Trinajstić information content (AvgIpc) is 2.53. The molecule has 1 aromatic heterocycles.